The fourth-order valence-electron chi connectivity index (χ4n) is 1.15. The predicted molar refractivity (Wildman–Crippen MR) is 50.5 cm³/mol. The molecule has 1 aromatic carbocycles. The molecule has 0 amide bonds. The molecule has 4 nitrogen and oxygen atoms in total. The minimum Gasteiger partial charge on any atom is -0.381 e. The van der Waals surface area contributed by atoms with E-state index in [9.17, 15) is 4.39 Å². The number of hydrogen-bond donors (Lipinski definition) is 1. The highest BCUT2D eigenvalue weighted by Gasteiger charge is 2.02. The van der Waals surface area contributed by atoms with Gasteiger partial charge in [-0.15, -0.1) is 9.90 Å². The summed E-state index contributed by atoms with van der Waals surface area (Å²) in [5.74, 6) is 0.0980. The number of nitrogens with zero attached hydrogens (tertiary/aromatic N) is 3. The first-order valence-electron chi connectivity index (χ1n) is 4.11. The number of aryl methyl sites for hydroxylation is 1. The topological polar surface area (TPSA) is 56.7 Å². The molecule has 0 saturated carbocycles. The maximum Gasteiger partial charge on any atom is 0.166 e. The summed E-state index contributed by atoms with van der Waals surface area (Å²) >= 11 is 0. The molecule has 0 aliphatic carbocycles. The third-order valence-corrected chi connectivity index (χ3v) is 1.88. The molecule has 0 bridgehead atoms. The van der Waals surface area contributed by atoms with Crippen molar-refractivity contribution in [3.63, 3.8) is 0 Å². The van der Waals surface area contributed by atoms with Crippen molar-refractivity contribution in [3.05, 3.63) is 35.8 Å². The zero-order valence-corrected chi connectivity index (χ0v) is 7.61. The first-order chi connectivity index (χ1) is 6.66. The molecule has 0 radical (unpaired) electrons. The molecular formula is C9H9FN4. The van der Waals surface area contributed by atoms with Gasteiger partial charge in [-0.3, -0.25) is 0 Å². The van der Waals surface area contributed by atoms with Crippen molar-refractivity contribution in [1.82, 2.24) is 15.0 Å². The summed E-state index contributed by atoms with van der Waals surface area (Å²) in [6.45, 7) is 1.69. The third-order valence-electron chi connectivity index (χ3n) is 1.88. The highest BCUT2D eigenvalue weighted by Crippen LogP contribution is 2.12. The molecule has 2 aromatic rings. The van der Waals surface area contributed by atoms with Crippen molar-refractivity contribution in [2.45, 2.75) is 6.92 Å². The van der Waals surface area contributed by atoms with Crippen LogP contribution in [0.15, 0.2) is 24.4 Å². The Morgan fingerprint density at radius 1 is 1.43 bits per heavy atom. The summed E-state index contributed by atoms with van der Waals surface area (Å²) in [5.41, 5.74) is 6.66. The Bertz CT molecular complexity index is 464. The van der Waals surface area contributed by atoms with E-state index in [4.69, 9.17) is 5.73 Å². The SMILES string of the molecule is Cc1cc(-n2ncc(N)n2)ccc1F. The van der Waals surface area contributed by atoms with Gasteiger partial charge >= 0.3 is 0 Å². The summed E-state index contributed by atoms with van der Waals surface area (Å²) < 4.78 is 12.9. The van der Waals surface area contributed by atoms with Gasteiger partial charge in [0.05, 0.1) is 11.9 Å². The Kier molecular flexibility index (Phi) is 1.92. The Balaban J connectivity index is 2.47. The Morgan fingerprint density at radius 3 is 2.79 bits per heavy atom. The van der Waals surface area contributed by atoms with Crippen LogP contribution in [0.4, 0.5) is 10.2 Å². The fourth-order valence-corrected chi connectivity index (χ4v) is 1.15. The maximum absolute atomic E-state index is 12.9. The number of hydrogen-bond acceptors (Lipinski definition) is 3. The van der Waals surface area contributed by atoms with Gasteiger partial charge < -0.3 is 5.73 Å². The fraction of sp³-hybridized carbons (Fsp3) is 0.111. The van der Waals surface area contributed by atoms with Crippen LogP contribution in [0.3, 0.4) is 0 Å². The summed E-state index contributed by atoms with van der Waals surface area (Å²) in [7, 11) is 0. The van der Waals surface area contributed by atoms with Crippen molar-refractivity contribution < 1.29 is 4.39 Å². The lowest BCUT2D eigenvalue weighted by atomic mass is 10.2. The summed E-state index contributed by atoms with van der Waals surface area (Å²) in [4.78, 5) is 1.36. The van der Waals surface area contributed by atoms with E-state index in [1.54, 1.807) is 19.1 Å². The number of anilines is 1. The lowest BCUT2D eigenvalue weighted by Gasteiger charge is -2.01. The van der Waals surface area contributed by atoms with Crippen molar-refractivity contribution in [1.29, 1.82) is 0 Å². The van der Waals surface area contributed by atoms with Gasteiger partial charge in [-0.05, 0) is 30.7 Å². The van der Waals surface area contributed by atoms with E-state index >= 15 is 0 Å². The highest BCUT2D eigenvalue weighted by molar-refractivity contribution is 5.35. The molecule has 72 valence electrons. The van der Waals surface area contributed by atoms with Crippen LogP contribution < -0.4 is 5.73 Å². The van der Waals surface area contributed by atoms with Crippen molar-refractivity contribution in [2.24, 2.45) is 0 Å². The Morgan fingerprint density at radius 2 is 2.21 bits per heavy atom. The average molecular weight is 192 g/mol. The molecule has 2 rings (SSSR count). The summed E-state index contributed by atoms with van der Waals surface area (Å²) in [6.07, 6.45) is 1.44. The van der Waals surface area contributed by atoms with Gasteiger partial charge in [0.25, 0.3) is 0 Å². The standard InChI is InChI=1S/C9H9FN4/c1-6-4-7(2-3-8(6)10)14-12-5-9(11)13-14/h2-5H,1H3,(H2,11,13). The highest BCUT2D eigenvalue weighted by atomic mass is 19.1. The second kappa shape index (κ2) is 3.10. The van der Waals surface area contributed by atoms with Gasteiger partial charge in [0.1, 0.15) is 5.82 Å². The van der Waals surface area contributed by atoms with Crippen LogP contribution in [0.2, 0.25) is 0 Å². The second-order valence-corrected chi connectivity index (χ2v) is 2.99. The molecular weight excluding hydrogens is 183 g/mol. The molecule has 1 heterocycles. The largest absolute Gasteiger partial charge is 0.381 e. The molecule has 0 atom stereocenters. The van der Waals surface area contributed by atoms with Crippen LogP contribution in [-0.4, -0.2) is 15.0 Å². The van der Waals surface area contributed by atoms with Gasteiger partial charge in [-0.2, -0.15) is 5.10 Å². The van der Waals surface area contributed by atoms with Gasteiger partial charge in [0.2, 0.25) is 0 Å². The smallest absolute Gasteiger partial charge is 0.166 e. The van der Waals surface area contributed by atoms with Crippen LogP contribution in [0.1, 0.15) is 5.56 Å². The zero-order valence-electron chi connectivity index (χ0n) is 7.61. The predicted octanol–water partition coefficient (Wildman–Crippen LogP) is 1.30. The van der Waals surface area contributed by atoms with Crippen LogP contribution in [0.5, 0.6) is 0 Å². The number of aromatic nitrogens is 3. The van der Waals surface area contributed by atoms with Crippen LogP contribution in [0.25, 0.3) is 5.69 Å². The van der Waals surface area contributed by atoms with E-state index in [-0.39, 0.29) is 5.82 Å². The quantitative estimate of drug-likeness (QED) is 0.740. The summed E-state index contributed by atoms with van der Waals surface area (Å²) in [6, 6.07) is 4.64. The maximum atomic E-state index is 12.9. The van der Waals surface area contributed by atoms with E-state index in [2.05, 4.69) is 10.2 Å². The normalized spacial score (nSPS) is 10.4. The van der Waals surface area contributed by atoms with E-state index in [0.29, 0.717) is 17.1 Å². The van der Waals surface area contributed by atoms with E-state index < -0.39 is 0 Å². The van der Waals surface area contributed by atoms with E-state index in [1.165, 1.54) is 17.1 Å². The molecule has 0 spiro atoms. The first kappa shape index (κ1) is 8.68. The Hall–Kier alpha value is -1.91. The van der Waals surface area contributed by atoms with Gasteiger partial charge in [-0.25, -0.2) is 4.39 Å². The molecule has 0 fully saturated rings. The van der Waals surface area contributed by atoms with Gasteiger partial charge in [0, 0.05) is 0 Å². The zero-order chi connectivity index (χ0) is 10.1. The molecule has 0 aliphatic heterocycles. The number of benzene rings is 1. The lowest BCUT2D eigenvalue weighted by Crippen LogP contribution is -2.00. The number of rotatable bonds is 1. The first-order valence-corrected chi connectivity index (χ1v) is 4.11. The average Bonchev–Trinajstić information content (AvgIpc) is 2.57. The summed E-state index contributed by atoms with van der Waals surface area (Å²) in [5, 5.41) is 7.83. The van der Waals surface area contributed by atoms with Crippen molar-refractivity contribution in [3.8, 4) is 5.69 Å². The second-order valence-electron chi connectivity index (χ2n) is 2.99. The van der Waals surface area contributed by atoms with Crippen molar-refractivity contribution in [2.75, 3.05) is 5.73 Å². The van der Waals surface area contributed by atoms with Gasteiger partial charge in [-0.1, -0.05) is 0 Å². The van der Waals surface area contributed by atoms with Crippen LogP contribution in [0, 0.1) is 12.7 Å². The Labute approximate surface area is 80.2 Å². The molecule has 0 aliphatic rings. The van der Waals surface area contributed by atoms with E-state index in [1.807, 2.05) is 0 Å². The molecule has 0 unspecified atom stereocenters. The lowest BCUT2D eigenvalue weighted by molar-refractivity contribution is 0.616. The molecule has 5 heteroatoms. The minimum absolute atomic E-state index is 0.242. The number of nitrogen functional groups attached to an aromatic ring is 1. The third kappa shape index (κ3) is 1.44. The molecule has 2 N–H and O–H groups in total. The van der Waals surface area contributed by atoms with Crippen LogP contribution in [-0.2, 0) is 0 Å². The van der Waals surface area contributed by atoms with Crippen molar-refractivity contribution >= 4 is 5.82 Å². The molecule has 14 heavy (non-hydrogen) atoms. The number of nitrogens with two attached hydrogens (primary N) is 1. The van der Waals surface area contributed by atoms with E-state index in [0.717, 1.165) is 0 Å². The number of halogens is 1. The monoisotopic (exact) mass is 192 g/mol. The van der Waals surface area contributed by atoms with Crippen LogP contribution >= 0.6 is 0 Å². The van der Waals surface area contributed by atoms with Gasteiger partial charge in [0.15, 0.2) is 5.82 Å². The molecule has 1 aromatic heterocycles. The minimum atomic E-state index is -0.242. The molecule has 0 saturated heterocycles.